The average Bonchev–Trinajstić information content (AvgIpc) is 3.55. The van der Waals surface area contributed by atoms with Crippen LogP contribution >= 0.6 is 11.3 Å². The van der Waals surface area contributed by atoms with E-state index >= 15 is 0 Å². The van der Waals surface area contributed by atoms with E-state index in [-0.39, 0.29) is 23.6 Å². The Hall–Kier alpha value is -3.25. The first-order chi connectivity index (χ1) is 17.5. The largest absolute Gasteiger partial charge is 0.391 e. The summed E-state index contributed by atoms with van der Waals surface area (Å²) in [5, 5.41) is 22.3. The average molecular weight is 505 g/mol. The fourth-order valence-electron chi connectivity index (χ4n) is 5.05. The highest BCUT2D eigenvalue weighted by Crippen LogP contribution is 2.41. The van der Waals surface area contributed by atoms with Crippen molar-refractivity contribution in [3.05, 3.63) is 64.8 Å². The van der Waals surface area contributed by atoms with Gasteiger partial charge in [-0.1, -0.05) is 18.2 Å². The van der Waals surface area contributed by atoms with Crippen molar-refractivity contribution in [2.24, 2.45) is 0 Å². The number of β-amino-alcohol motifs (C(OH)–C–C–N with tert-alkyl or cyclic N) is 1. The summed E-state index contributed by atoms with van der Waals surface area (Å²) >= 11 is 1.42. The van der Waals surface area contributed by atoms with Crippen molar-refractivity contribution in [2.45, 2.75) is 31.4 Å². The number of carbonyl (C=O) groups is 1. The van der Waals surface area contributed by atoms with E-state index < -0.39 is 5.82 Å². The molecule has 2 aliphatic rings. The number of aliphatic hydroxyl groups is 1. The molecule has 2 saturated heterocycles. The molecule has 36 heavy (non-hydrogen) atoms. The molecule has 2 atom stereocenters. The number of nitrogens with zero attached hydrogens (tertiary/aromatic N) is 3. The maximum Gasteiger partial charge on any atom is 0.264 e. The van der Waals surface area contributed by atoms with Gasteiger partial charge in [0.1, 0.15) is 11.9 Å². The fraction of sp³-hybridized carbons (Fsp3) is 0.357. The summed E-state index contributed by atoms with van der Waals surface area (Å²) < 4.78 is 14.5. The molecule has 8 heteroatoms. The molecule has 3 aromatic rings. The molecule has 0 radical (unpaired) electrons. The smallest absolute Gasteiger partial charge is 0.264 e. The molecular weight excluding hydrogens is 475 g/mol. The quantitative estimate of drug-likeness (QED) is 0.535. The van der Waals surface area contributed by atoms with Crippen LogP contribution in [0.5, 0.6) is 0 Å². The van der Waals surface area contributed by atoms with Gasteiger partial charge in [-0.2, -0.15) is 5.26 Å². The standard InChI is InChI=1S/C28H29FN4O2S/c1-31-21-3-2-11-33(16-21)28(35)26-14-24(19-4-5-20(15-30)25(29)13-19)27(36-26)18-6-8-22(9-7-18)32-12-10-23(34)17-32/h4-9,13-14,21,23,31,34H,2-3,10-12,16-17H2,1H3/t21-,23-/m1/s1. The second-order valence-electron chi connectivity index (χ2n) is 9.47. The van der Waals surface area contributed by atoms with Crippen LogP contribution in [-0.4, -0.2) is 61.3 Å². The Balaban J connectivity index is 1.52. The summed E-state index contributed by atoms with van der Waals surface area (Å²) in [5.41, 5.74) is 3.39. The van der Waals surface area contributed by atoms with E-state index in [1.807, 2.05) is 48.3 Å². The van der Waals surface area contributed by atoms with Gasteiger partial charge in [-0.3, -0.25) is 4.79 Å². The molecule has 0 aliphatic carbocycles. The van der Waals surface area contributed by atoms with Crippen LogP contribution in [0.15, 0.2) is 48.5 Å². The Morgan fingerprint density at radius 1 is 1.11 bits per heavy atom. The lowest BCUT2D eigenvalue weighted by Gasteiger charge is -2.32. The number of thiophene rings is 1. The van der Waals surface area contributed by atoms with E-state index in [0.29, 0.717) is 23.5 Å². The lowest BCUT2D eigenvalue weighted by molar-refractivity contribution is 0.0703. The van der Waals surface area contributed by atoms with Gasteiger partial charge in [0.05, 0.1) is 16.5 Å². The third-order valence-electron chi connectivity index (χ3n) is 7.12. The summed E-state index contributed by atoms with van der Waals surface area (Å²) in [6, 6.07) is 16.7. The lowest BCUT2D eigenvalue weighted by atomic mass is 10.0. The Bertz CT molecular complexity index is 1300. The molecule has 3 heterocycles. The minimum absolute atomic E-state index is 0.00425. The van der Waals surface area contributed by atoms with E-state index in [1.165, 1.54) is 23.5 Å². The Labute approximate surface area is 214 Å². The molecule has 2 fully saturated rings. The molecule has 0 saturated carbocycles. The van der Waals surface area contributed by atoms with Crippen LogP contribution in [0.4, 0.5) is 10.1 Å². The number of likely N-dealkylation sites (N-methyl/N-ethyl adjacent to an activating group) is 1. The minimum Gasteiger partial charge on any atom is -0.391 e. The van der Waals surface area contributed by atoms with E-state index in [4.69, 9.17) is 5.26 Å². The number of aliphatic hydroxyl groups excluding tert-OH is 1. The molecule has 0 unspecified atom stereocenters. The van der Waals surface area contributed by atoms with Crippen LogP contribution in [0.3, 0.4) is 0 Å². The van der Waals surface area contributed by atoms with E-state index in [9.17, 15) is 14.3 Å². The minimum atomic E-state index is -0.573. The van der Waals surface area contributed by atoms with Crippen molar-refractivity contribution >= 4 is 22.9 Å². The van der Waals surface area contributed by atoms with Crippen LogP contribution in [0.2, 0.25) is 0 Å². The molecule has 2 aliphatic heterocycles. The van der Waals surface area contributed by atoms with Crippen LogP contribution in [0.1, 0.15) is 34.5 Å². The molecule has 186 valence electrons. The number of hydrogen-bond acceptors (Lipinski definition) is 6. The summed E-state index contributed by atoms with van der Waals surface area (Å²) in [7, 11) is 1.92. The number of anilines is 1. The maximum atomic E-state index is 14.5. The second-order valence-corrected chi connectivity index (χ2v) is 10.5. The summed E-state index contributed by atoms with van der Waals surface area (Å²) in [6.07, 6.45) is 2.46. The number of hydrogen-bond donors (Lipinski definition) is 2. The predicted octanol–water partition coefficient (Wildman–Crippen LogP) is 4.49. The zero-order chi connectivity index (χ0) is 25.2. The number of benzene rings is 2. The van der Waals surface area contributed by atoms with Crippen molar-refractivity contribution in [3.63, 3.8) is 0 Å². The van der Waals surface area contributed by atoms with Crippen LogP contribution < -0.4 is 10.2 Å². The molecule has 6 nitrogen and oxygen atoms in total. The molecule has 5 rings (SSSR count). The summed E-state index contributed by atoms with van der Waals surface area (Å²) in [4.78, 5) is 19.0. The van der Waals surface area contributed by atoms with Gasteiger partial charge in [0.25, 0.3) is 5.91 Å². The zero-order valence-corrected chi connectivity index (χ0v) is 21.0. The van der Waals surface area contributed by atoms with Gasteiger partial charge in [-0.15, -0.1) is 11.3 Å². The molecular formula is C28H29FN4O2S. The third-order valence-corrected chi connectivity index (χ3v) is 8.29. The number of nitrogens with one attached hydrogen (secondary N) is 1. The monoisotopic (exact) mass is 504 g/mol. The highest BCUT2D eigenvalue weighted by molar-refractivity contribution is 7.18. The van der Waals surface area contributed by atoms with Gasteiger partial charge >= 0.3 is 0 Å². The maximum absolute atomic E-state index is 14.5. The van der Waals surface area contributed by atoms with Gasteiger partial charge in [-0.25, -0.2) is 4.39 Å². The molecule has 0 bridgehead atoms. The number of piperidine rings is 1. The van der Waals surface area contributed by atoms with Crippen LogP contribution in [-0.2, 0) is 0 Å². The van der Waals surface area contributed by atoms with E-state index in [2.05, 4.69) is 10.2 Å². The van der Waals surface area contributed by atoms with E-state index in [1.54, 1.807) is 6.07 Å². The van der Waals surface area contributed by atoms with Gasteiger partial charge in [0.2, 0.25) is 0 Å². The highest BCUT2D eigenvalue weighted by atomic mass is 32.1. The molecule has 1 amide bonds. The molecule has 0 spiro atoms. The number of nitriles is 1. The number of likely N-dealkylation sites (tertiary alicyclic amines) is 1. The number of carbonyl (C=O) groups excluding carboxylic acids is 1. The van der Waals surface area contributed by atoms with Crippen LogP contribution in [0, 0.1) is 17.1 Å². The van der Waals surface area contributed by atoms with Gasteiger partial charge in [-0.05, 0) is 67.8 Å². The number of halogens is 1. The van der Waals surface area contributed by atoms with Gasteiger partial charge in [0.15, 0.2) is 0 Å². The Kier molecular flexibility index (Phi) is 7.06. The van der Waals surface area contributed by atoms with Crippen molar-refractivity contribution in [3.8, 4) is 27.6 Å². The molecule has 1 aromatic heterocycles. The zero-order valence-electron chi connectivity index (χ0n) is 20.2. The van der Waals surface area contributed by atoms with Crippen molar-refractivity contribution in [1.29, 1.82) is 5.26 Å². The van der Waals surface area contributed by atoms with Crippen molar-refractivity contribution in [2.75, 3.05) is 38.1 Å². The van der Waals surface area contributed by atoms with Gasteiger partial charge in [0, 0.05) is 48.3 Å². The predicted molar refractivity (Wildman–Crippen MR) is 141 cm³/mol. The summed E-state index contributed by atoms with van der Waals surface area (Å²) in [6.45, 7) is 2.83. The van der Waals surface area contributed by atoms with Crippen molar-refractivity contribution in [1.82, 2.24) is 10.2 Å². The van der Waals surface area contributed by atoms with E-state index in [0.717, 1.165) is 54.0 Å². The van der Waals surface area contributed by atoms with Crippen LogP contribution in [0.25, 0.3) is 21.6 Å². The molecule has 2 aromatic carbocycles. The van der Waals surface area contributed by atoms with Crippen molar-refractivity contribution < 1.29 is 14.3 Å². The Morgan fingerprint density at radius 2 is 1.89 bits per heavy atom. The third kappa shape index (κ3) is 4.87. The highest BCUT2D eigenvalue weighted by Gasteiger charge is 2.27. The summed E-state index contributed by atoms with van der Waals surface area (Å²) in [5.74, 6) is -0.583. The van der Waals surface area contributed by atoms with Gasteiger partial charge < -0.3 is 20.2 Å². The topological polar surface area (TPSA) is 79.6 Å². The second kappa shape index (κ2) is 10.4. The molecule has 2 N–H and O–H groups in total. The first-order valence-corrected chi connectivity index (χ1v) is 13.1. The number of rotatable bonds is 5. The number of amides is 1. The lowest BCUT2D eigenvalue weighted by Crippen LogP contribution is -2.46. The first-order valence-electron chi connectivity index (χ1n) is 12.3. The SMILES string of the molecule is CN[C@@H]1CCCN(C(=O)c2cc(-c3ccc(C#N)c(F)c3)c(-c3ccc(N4CC[C@@H](O)C4)cc3)s2)C1. The normalized spacial score (nSPS) is 19.9. The fourth-order valence-corrected chi connectivity index (χ4v) is 6.21. The Morgan fingerprint density at radius 3 is 2.56 bits per heavy atom. The first kappa shape index (κ1) is 24.4.